The van der Waals surface area contributed by atoms with Gasteiger partial charge in [-0.15, -0.1) is 0 Å². The summed E-state index contributed by atoms with van der Waals surface area (Å²) in [5.74, 6) is 0.0923. The number of hydrogen-bond donors (Lipinski definition) is 1. The Labute approximate surface area is 158 Å². The number of amides is 1. The third kappa shape index (κ3) is 3.71. The maximum absolute atomic E-state index is 12.3. The second-order valence-electron chi connectivity index (χ2n) is 5.50. The molecule has 0 aliphatic heterocycles. The normalized spacial score (nSPS) is 10.6. The fourth-order valence-corrected chi connectivity index (χ4v) is 2.71. The Morgan fingerprint density at radius 3 is 2.50 bits per heavy atom. The summed E-state index contributed by atoms with van der Waals surface area (Å²) in [6.45, 7) is 1.74. The molecule has 3 rings (SSSR count). The molecule has 3 aromatic rings. The molecule has 0 unspecified atom stereocenters. The molecule has 0 spiro atoms. The summed E-state index contributed by atoms with van der Waals surface area (Å²) in [5.41, 5.74) is 1.82. The van der Waals surface area contributed by atoms with Crippen molar-refractivity contribution in [2.45, 2.75) is 6.92 Å². The van der Waals surface area contributed by atoms with Gasteiger partial charge in [-0.3, -0.25) is 14.9 Å². The second-order valence-corrected chi connectivity index (χ2v) is 6.32. The zero-order valence-electron chi connectivity index (χ0n) is 13.5. The number of nitrogens with zero attached hydrogens (tertiary/aromatic N) is 1. The molecule has 1 aromatic heterocycles. The lowest BCUT2D eigenvalue weighted by atomic mass is 10.1. The van der Waals surface area contributed by atoms with E-state index in [1.165, 1.54) is 24.3 Å². The average molecular weight is 391 g/mol. The molecular weight excluding hydrogens is 379 g/mol. The largest absolute Gasteiger partial charge is 0.451 e. The lowest BCUT2D eigenvalue weighted by Crippen LogP contribution is -2.10. The van der Waals surface area contributed by atoms with Crippen LogP contribution in [0.2, 0.25) is 10.0 Å². The number of furan rings is 1. The van der Waals surface area contributed by atoms with Crippen LogP contribution in [0.3, 0.4) is 0 Å². The van der Waals surface area contributed by atoms with Gasteiger partial charge in [0.1, 0.15) is 5.76 Å². The molecule has 2 aromatic carbocycles. The SMILES string of the molecule is Cc1cc([N+](=O)[O-])ccc1-c1ccc(C(=O)Nc2ccc(Cl)c(Cl)c2)o1. The summed E-state index contributed by atoms with van der Waals surface area (Å²) in [5, 5.41) is 14.2. The zero-order chi connectivity index (χ0) is 18.8. The number of hydrogen-bond acceptors (Lipinski definition) is 4. The van der Waals surface area contributed by atoms with Gasteiger partial charge in [0, 0.05) is 23.4 Å². The van der Waals surface area contributed by atoms with Gasteiger partial charge in [0.05, 0.1) is 15.0 Å². The van der Waals surface area contributed by atoms with Crippen LogP contribution in [0, 0.1) is 17.0 Å². The Kier molecular flexibility index (Phi) is 4.97. The molecule has 1 N–H and O–H groups in total. The van der Waals surface area contributed by atoms with E-state index in [1.54, 1.807) is 31.2 Å². The first-order valence-corrected chi connectivity index (χ1v) is 8.22. The summed E-state index contributed by atoms with van der Waals surface area (Å²) >= 11 is 11.8. The molecule has 0 atom stereocenters. The fourth-order valence-electron chi connectivity index (χ4n) is 2.41. The second kappa shape index (κ2) is 7.19. The monoisotopic (exact) mass is 390 g/mol. The molecule has 132 valence electrons. The van der Waals surface area contributed by atoms with E-state index < -0.39 is 10.8 Å². The van der Waals surface area contributed by atoms with E-state index in [2.05, 4.69) is 5.32 Å². The van der Waals surface area contributed by atoms with E-state index in [0.717, 1.165) is 0 Å². The minimum Gasteiger partial charge on any atom is -0.451 e. The molecule has 0 aliphatic carbocycles. The predicted molar refractivity (Wildman–Crippen MR) is 100.0 cm³/mol. The van der Waals surface area contributed by atoms with Crippen molar-refractivity contribution in [3.05, 3.63) is 80.0 Å². The summed E-state index contributed by atoms with van der Waals surface area (Å²) in [4.78, 5) is 22.7. The number of nitro groups is 1. The van der Waals surface area contributed by atoms with Crippen LogP contribution >= 0.6 is 23.2 Å². The Balaban J connectivity index is 1.82. The number of anilines is 1. The lowest BCUT2D eigenvalue weighted by molar-refractivity contribution is -0.384. The lowest BCUT2D eigenvalue weighted by Gasteiger charge is -2.05. The van der Waals surface area contributed by atoms with Gasteiger partial charge in [0.25, 0.3) is 11.6 Å². The molecule has 8 heteroatoms. The molecule has 0 radical (unpaired) electrons. The molecular formula is C18H12Cl2N2O4. The summed E-state index contributed by atoms with van der Waals surface area (Å²) in [7, 11) is 0. The van der Waals surface area contributed by atoms with Gasteiger partial charge in [0.2, 0.25) is 0 Å². The third-order valence-corrected chi connectivity index (χ3v) is 4.43. The number of halogens is 2. The number of nitrogens with one attached hydrogen (secondary N) is 1. The van der Waals surface area contributed by atoms with Crippen LogP contribution in [0.1, 0.15) is 16.1 Å². The van der Waals surface area contributed by atoms with Crippen LogP contribution < -0.4 is 5.32 Å². The molecule has 26 heavy (non-hydrogen) atoms. The first-order valence-electron chi connectivity index (χ1n) is 7.47. The Hall–Kier alpha value is -2.83. The van der Waals surface area contributed by atoms with Crippen molar-refractivity contribution in [2.75, 3.05) is 5.32 Å². The van der Waals surface area contributed by atoms with Gasteiger partial charge in [0.15, 0.2) is 5.76 Å². The number of rotatable bonds is 4. The van der Waals surface area contributed by atoms with Gasteiger partial charge in [-0.1, -0.05) is 23.2 Å². The minimum atomic E-state index is -0.463. The Morgan fingerprint density at radius 1 is 1.08 bits per heavy atom. The number of carbonyl (C=O) groups excluding carboxylic acids is 1. The number of benzene rings is 2. The highest BCUT2D eigenvalue weighted by Gasteiger charge is 2.16. The number of non-ortho nitro benzene ring substituents is 1. The van der Waals surface area contributed by atoms with Gasteiger partial charge >= 0.3 is 0 Å². The molecule has 0 aliphatic rings. The predicted octanol–water partition coefficient (Wildman–Crippen LogP) is 5.72. The van der Waals surface area contributed by atoms with Crippen molar-refractivity contribution < 1.29 is 14.1 Å². The van der Waals surface area contributed by atoms with Crippen molar-refractivity contribution in [1.29, 1.82) is 0 Å². The van der Waals surface area contributed by atoms with Gasteiger partial charge in [-0.25, -0.2) is 0 Å². The van der Waals surface area contributed by atoms with E-state index in [0.29, 0.717) is 32.6 Å². The number of carbonyl (C=O) groups is 1. The highest BCUT2D eigenvalue weighted by molar-refractivity contribution is 6.42. The third-order valence-electron chi connectivity index (χ3n) is 3.69. The van der Waals surface area contributed by atoms with E-state index >= 15 is 0 Å². The van der Waals surface area contributed by atoms with Crippen LogP contribution in [-0.4, -0.2) is 10.8 Å². The van der Waals surface area contributed by atoms with Crippen LogP contribution in [0.4, 0.5) is 11.4 Å². The van der Waals surface area contributed by atoms with Gasteiger partial charge < -0.3 is 9.73 Å². The standard InChI is InChI=1S/C18H12Cl2N2O4/c1-10-8-12(22(24)25)3-4-13(10)16-6-7-17(26-16)18(23)21-11-2-5-14(19)15(20)9-11/h2-9H,1H3,(H,21,23). The van der Waals surface area contributed by atoms with Crippen LogP contribution in [0.25, 0.3) is 11.3 Å². The Morgan fingerprint density at radius 2 is 1.85 bits per heavy atom. The molecule has 1 heterocycles. The molecule has 0 saturated carbocycles. The summed E-state index contributed by atoms with van der Waals surface area (Å²) in [6.07, 6.45) is 0. The van der Waals surface area contributed by atoms with E-state index in [9.17, 15) is 14.9 Å². The van der Waals surface area contributed by atoms with Crippen molar-refractivity contribution in [1.82, 2.24) is 0 Å². The fraction of sp³-hybridized carbons (Fsp3) is 0.0556. The van der Waals surface area contributed by atoms with E-state index in [4.69, 9.17) is 27.6 Å². The van der Waals surface area contributed by atoms with Gasteiger partial charge in [-0.05, 0) is 48.9 Å². The molecule has 1 amide bonds. The highest BCUT2D eigenvalue weighted by atomic mass is 35.5. The average Bonchev–Trinajstić information content (AvgIpc) is 3.08. The molecule has 0 saturated heterocycles. The molecule has 0 fully saturated rings. The first-order chi connectivity index (χ1) is 12.3. The smallest absolute Gasteiger partial charge is 0.291 e. The zero-order valence-corrected chi connectivity index (χ0v) is 15.0. The minimum absolute atomic E-state index is 0.00427. The molecule has 0 bridgehead atoms. The van der Waals surface area contributed by atoms with Gasteiger partial charge in [-0.2, -0.15) is 0 Å². The van der Waals surface area contributed by atoms with Crippen molar-refractivity contribution >= 4 is 40.5 Å². The number of nitro benzene ring substituents is 1. The first kappa shape index (κ1) is 18.0. The quantitative estimate of drug-likeness (QED) is 0.455. The maximum atomic E-state index is 12.3. The summed E-state index contributed by atoms with van der Waals surface area (Å²) < 4.78 is 5.60. The van der Waals surface area contributed by atoms with Crippen molar-refractivity contribution in [3.63, 3.8) is 0 Å². The van der Waals surface area contributed by atoms with E-state index in [1.807, 2.05) is 0 Å². The van der Waals surface area contributed by atoms with Crippen molar-refractivity contribution in [2.24, 2.45) is 0 Å². The van der Waals surface area contributed by atoms with Crippen LogP contribution in [0.5, 0.6) is 0 Å². The van der Waals surface area contributed by atoms with Crippen LogP contribution in [0.15, 0.2) is 52.9 Å². The maximum Gasteiger partial charge on any atom is 0.291 e. The summed E-state index contributed by atoms with van der Waals surface area (Å²) in [6, 6.07) is 12.3. The highest BCUT2D eigenvalue weighted by Crippen LogP contribution is 2.29. The Bertz CT molecular complexity index is 1010. The van der Waals surface area contributed by atoms with Crippen molar-refractivity contribution in [3.8, 4) is 11.3 Å². The molecule has 6 nitrogen and oxygen atoms in total. The van der Waals surface area contributed by atoms with Crippen LogP contribution in [-0.2, 0) is 0 Å². The number of aryl methyl sites for hydroxylation is 1. The van der Waals surface area contributed by atoms with E-state index in [-0.39, 0.29) is 11.4 Å². The topological polar surface area (TPSA) is 85.4 Å².